The molecular weight excluding hydrogens is 366 g/mol. The Morgan fingerprint density at radius 2 is 1.92 bits per heavy atom. The quantitative estimate of drug-likeness (QED) is 0.765. The van der Waals surface area contributed by atoms with Gasteiger partial charge in [0.15, 0.2) is 0 Å². The fourth-order valence-electron chi connectivity index (χ4n) is 2.37. The number of hydroxylamine groups is 2. The smallest absolute Gasteiger partial charge is 0.330 e. The highest BCUT2D eigenvalue weighted by molar-refractivity contribution is 7.89. The Labute approximate surface area is 153 Å². The molecule has 0 spiro atoms. The third kappa shape index (κ3) is 5.31. The van der Waals surface area contributed by atoms with E-state index in [9.17, 15) is 13.2 Å². The molecule has 1 saturated heterocycles. The molecule has 1 aromatic rings. The van der Waals surface area contributed by atoms with Crippen LogP contribution in [0.4, 0.5) is 5.69 Å². The highest BCUT2D eigenvalue weighted by Crippen LogP contribution is 2.24. The molecule has 0 unspecified atom stereocenters. The fraction of sp³-hybridized carbons (Fsp3) is 0.562. The molecule has 7 nitrogen and oxygen atoms in total. The second-order valence-electron chi connectivity index (χ2n) is 7.14. The third-order valence-corrected chi connectivity index (χ3v) is 5.69. The lowest BCUT2D eigenvalue weighted by molar-refractivity contribution is -0.204. The summed E-state index contributed by atoms with van der Waals surface area (Å²) in [6.45, 7) is 6.28. The van der Waals surface area contributed by atoms with Gasteiger partial charge in [-0.3, -0.25) is 0 Å². The van der Waals surface area contributed by atoms with Crippen molar-refractivity contribution in [1.29, 1.82) is 0 Å². The summed E-state index contributed by atoms with van der Waals surface area (Å²) in [6, 6.07) is 4.04. The molecular formula is C16H24ClN3O4S. The molecule has 0 aliphatic carbocycles. The number of hydrogen-bond donors (Lipinski definition) is 2. The Morgan fingerprint density at radius 3 is 2.44 bits per heavy atom. The monoisotopic (exact) mass is 389 g/mol. The van der Waals surface area contributed by atoms with Crippen molar-refractivity contribution in [2.75, 3.05) is 18.8 Å². The molecule has 0 bridgehead atoms. The molecule has 1 fully saturated rings. The number of nitrogen functional groups attached to an aromatic ring is 1. The van der Waals surface area contributed by atoms with E-state index in [1.807, 2.05) is 0 Å². The SMILES string of the molecule is CC(C)(C)C(=O)ON1CCC(NS(=O)(=O)c2ccc(Cl)cc2N)CC1. The maximum absolute atomic E-state index is 12.5. The zero-order valence-corrected chi connectivity index (χ0v) is 16.2. The minimum absolute atomic E-state index is 0.0125. The van der Waals surface area contributed by atoms with Crippen molar-refractivity contribution in [2.24, 2.45) is 5.41 Å². The Morgan fingerprint density at radius 1 is 1.32 bits per heavy atom. The van der Waals surface area contributed by atoms with Gasteiger partial charge in [-0.05, 0) is 51.8 Å². The van der Waals surface area contributed by atoms with E-state index in [4.69, 9.17) is 22.2 Å². The van der Waals surface area contributed by atoms with E-state index in [2.05, 4.69) is 4.72 Å². The van der Waals surface area contributed by atoms with Crippen molar-refractivity contribution in [3.05, 3.63) is 23.2 Å². The molecule has 0 amide bonds. The van der Waals surface area contributed by atoms with Gasteiger partial charge < -0.3 is 10.6 Å². The molecule has 0 saturated carbocycles. The molecule has 1 aliphatic heterocycles. The second-order valence-corrected chi connectivity index (χ2v) is 9.25. The Bertz CT molecular complexity index is 738. The van der Waals surface area contributed by atoms with Gasteiger partial charge in [-0.1, -0.05) is 11.6 Å². The number of carbonyl (C=O) groups is 1. The zero-order valence-electron chi connectivity index (χ0n) is 14.6. The van der Waals surface area contributed by atoms with Gasteiger partial charge >= 0.3 is 5.97 Å². The first kappa shape index (κ1) is 20.0. The number of nitrogens with two attached hydrogens (primary N) is 1. The van der Waals surface area contributed by atoms with Crippen molar-refractivity contribution < 1.29 is 18.0 Å². The summed E-state index contributed by atoms with van der Waals surface area (Å²) in [4.78, 5) is 17.2. The van der Waals surface area contributed by atoms with Crippen molar-refractivity contribution >= 4 is 33.3 Å². The van der Waals surface area contributed by atoms with Crippen LogP contribution in [0.5, 0.6) is 0 Å². The largest absolute Gasteiger partial charge is 0.398 e. The van der Waals surface area contributed by atoms with Crippen molar-refractivity contribution in [1.82, 2.24) is 9.79 Å². The van der Waals surface area contributed by atoms with Crippen LogP contribution in [0.25, 0.3) is 0 Å². The number of sulfonamides is 1. The summed E-state index contributed by atoms with van der Waals surface area (Å²) in [5.41, 5.74) is 5.29. The number of hydrogen-bond acceptors (Lipinski definition) is 6. The topological polar surface area (TPSA) is 102 Å². The maximum Gasteiger partial charge on any atom is 0.330 e. The van der Waals surface area contributed by atoms with Crippen LogP contribution in [-0.2, 0) is 19.7 Å². The molecule has 1 aliphatic rings. The predicted octanol–water partition coefficient (Wildman–Crippen LogP) is 2.17. The number of benzene rings is 1. The van der Waals surface area contributed by atoms with Crippen molar-refractivity contribution in [3.63, 3.8) is 0 Å². The van der Waals surface area contributed by atoms with Gasteiger partial charge in [0.05, 0.1) is 11.1 Å². The lowest BCUT2D eigenvalue weighted by atomic mass is 9.98. The summed E-state index contributed by atoms with van der Waals surface area (Å²) in [5, 5.41) is 1.96. The first-order chi connectivity index (χ1) is 11.5. The maximum atomic E-state index is 12.5. The molecule has 1 aromatic carbocycles. The molecule has 3 N–H and O–H groups in total. The van der Waals surface area contributed by atoms with Crippen molar-refractivity contribution in [2.45, 2.75) is 44.6 Å². The molecule has 0 radical (unpaired) electrons. The summed E-state index contributed by atoms with van der Waals surface area (Å²) >= 11 is 5.81. The van der Waals surface area contributed by atoms with E-state index < -0.39 is 15.4 Å². The number of halogens is 1. The summed E-state index contributed by atoms with van der Waals surface area (Å²) in [7, 11) is -3.73. The molecule has 2 rings (SSSR count). The van der Waals surface area contributed by atoms with Crippen LogP contribution in [0.2, 0.25) is 5.02 Å². The van der Waals surface area contributed by atoms with Crippen LogP contribution in [0.15, 0.2) is 23.1 Å². The van der Waals surface area contributed by atoms with Gasteiger partial charge in [0.1, 0.15) is 4.90 Å². The molecule has 1 heterocycles. The highest BCUT2D eigenvalue weighted by atomic mass is 35.5. The van der Waals surface area contributed by atoms with Crippen LogP contribution in [0, 0.1) is 5.41 Å². The number of nitrogens with one attached hydrogen (secondary N) is 1. The van der Waals surface area contributed by atoms with Crippen LogP contribution in [0.3, 0.4) is 0 Å². The van der Waals surface area contributed by atoms with E-state index in [1.54, 1.807) is 25.8 Å². The first-order valence-corrected chi connectivity index (χ1v) is 9.90. The van der Waals surface area contributed by atoms with E-state index in [-0.39, 0.29) is 22.6 Å². The zero-order chi connectivity index (χ0) is 18.8. The Kier molecular flexibility index (Phi) is 5.98. The van der Waals surface area contributed by atoms with Gasteiger partial charge in [0.25, 0.3) is 0 Å². The van der Waals surface area contributed by atoms with Crippen LogP contribution < -0.4 is 10.5 Å². The minimum Gasteiger partial charge on any atom is -0.398 e. The molecule has 0 aromatic heterocycles. The van der Waals surface area contributed by atoms with Crippen LogP contribution >= 0.6 is 11.6 Å². The standard InChI is InChI=1S/C16H24ClN3O4S/c1-16(2,3)15(21)24-20-8-6-12(7-9-20)19-25(22,23)14-5-4-11(17)10-13(14)18/h4-5,10,12,19H,6-9,18H2,1-3H3. The number of anilines is 1. The molecule has 25 heavy (non-hydrogen) atoms. The van der Waals surface area contributed by atoms with E-state index in [1.165, 1.54) is 18.2 Å². The predicted molar refractivity (Wildman–Crippen MR) is 96.3 cm³/mol. The van der Waals surface area contributed by atoms with Crippen molar-refractivity contribution in [3.8, 4) is 0 Å². The number of piperidine rings is 1. The molecule has 140 valence electrons. The van der Waals surface area contributed by atoms with Crippen LogP contribution in [-0.4, -0.2) is 38.6 Å². The first-order valence-electron chi connectivity index (χ1n) is 8.04. The Balaban J connectivity index is 1.94. The summed E-state index contributed by atoms with van der Waals surface area (Å²) < 4.78 is 27.6. The molecule has 0 atom stereocenters. The van der Waals surface area contributed by atoms with Gasteiger partial charge in [0.2, 0.25) is 10.0 Å². The Hall–Kier alpha value is -1.35. The fourth-order valence-corrected chi connectivity index (χ4v) is 3.96. The third-order valence-electron chi connectivity index (χ3n) is 3.86. The number of nitrogens with zero attached hydrogens (tertiary/aromatic N) is 1. The van der Waals surface area contributed by atoms with Gasteiger partial charge in [-0.15, -0.1) is 5.06 Å². The highest BCUT2D eigenvalue weighted by Gasteiger charge is 2.30. The average molecular weight is 390 g/mol. The molecule has 9 heteroatoms. The number of carbonyl (C=O) groups excluding carboxylic acids is 1. The van der Waals surface area contributed by atoms with E-state index in [0.717, 1.165) is 0 Å². The van der Waals surface area contributed by atoms with Gasteiger partial charge in [-0.2, -0.15) is 0 Å². The van der Waals surface area contributed by atoms with Crippen LogP contribution in [0.1, 0.15) is 33.6 Å². The lowest BCUT2D eigenvalue weighted by Crippen LogP contribution is -2.46. The van der Waals surface area contributed by atoms with E-state index in [0.29, 0.717) is 31.0 Å². The second kappa shape index (κ2) is 7.49. The number of rotatable bonds is 4. The van der Waals surface area contributed by atoms with Gasteiger partial charge in [-0.25, -0.2) is 17.9 Å². The minimum atomic E-state index is -3.73. The summed E-state index contributed by atoms with van der Waals surface area (Å²) in [6.07, 6.45) is 1.06. The van der Waals surface area contributed by atoms with E-state index >= 15 is 0 Å². The normalized spacial score (nSPS) is 17.4. The summed E-state index contributed by atoms with van der Waals surface area (Å²) in [5.74, 6) is -0.305. The lowest BCUT2D eigenvalue weighted by Gasteiger charge is -2.32. The van der Waals surface area contributed by atoms with Gasteiger partial charge in [0, 0.05) is 24.2 Å². The average Bonchev–Trinajstić information content (AvgIpc) is 2.47.